The molecule has 1 rings (SSSR count). The van der Waals surface area contributed by atoms with Crippen LogP contribution in [0.15, 0.2) is 0 Å². The predicted octanol–water partition coefficient (Wildman–Crippen LogP) is 0.646. The summed E-state index contributed by atoms with van der Waals surface area (Å²) in [7, 11) is 1.89. The Morgan fingerprint density at radius 3 is 2.08 bits per heavy atom. The van der Waals surface area contributed by atoms with Crippen molar-refractivity contribution in [3.8, 4) is 0 Å². The quantitative estimate of drug-likeness (QED) is 0.746. The predicted molar refractivity (Wildman–Crippen MR) is 48.1 cm³/mol. The van der Waals surface area contributed by atoms with Gasteiger partial charge in [-0.2, -0.15) is 7.05 Å². The second-order valence-electron chi connectivity index (χ2n) is 2.94. The SMILES string of the molecule is C[N-]CCN1CCCCC1.O.[Y].[Y]. The molecule has 0 aromatic rings. The normalized spacial score (nSPS) is 16.4. The number of hydrogen-bond donors (Lipinski definition) is 0. The minimum atomic E-state index is 0. The number of nitrogens with zero attached hydrogens (tertiary/aromatic N) is 2. The molecular weight excluding hydrogens is 318 g/mol. The molecule has 0 aliphatic carbocycles. The van der Waals surface area contributed by atoms with Crippen molar-refractivity contribution in [3.05, 3.63) is 5.32 Å². The molecule has 13 heavy (non-hydrogen) atoms. The molecule has 0 saturated carbocycles. The van der Waals surface area contributed by atoms with Crippen molar-refractivity contribution in [1.82, 2.24) is 4.90 Å². The first-order chi connectivity index (χ1) is 4.93. The van der Waals surface area contributed by atoms with Crippen LogP contribution in [0.3, 0.4) is 0 Å². The first-order valence-electron chi connectivity index (χ1n) is 4.21. The first-order valence-corrected chi connectivity index (χ1v) is 4.21. The van der Waals surface area contributed by atoms with Gasteiger partial charge in [0, 0.05) is 65.4 Å². The Morgan fingerprint density at radius 1 is 1.08 bits per heavy atom. The van der Waals surface area contributed by atoms with Crippen molar-refractivity contribution in [2.45, 2.75) is 19.3 Å². The third-order valence-electron chi connectivity index (χ3n) is 2.09. The molecule has 0 bridgehead atoms. The van der Waals surface area contributed by atoms with Gasteiger partial charge in [0.2, 0.25) is 0 Å². The van der Waals surface area contributed by atoms with Crippen LogP contribution in [-0.2, 0) is 65.4 Å². The second kappa shape index (κ2) is 14.1. The van der Waals surface area contributed by atoms with Crippen molar-refractivity contribution in [2.75, 3.05) is 33.2 Å². The molecule has 0 amide bonds. The third kappa shape index (κ3) is 10.4. The van der Waals surface area contributed by atoms with E-state index in [9.17, 15) is 0 Å². The average molecular weight is 337 g/mol. The maximum atomic E-state index is 4.09. The van der Waals surface area contributed by atoms with E-state index >= 15 is 0 Å². The molecule has 0 aromatic carbocycles. The fourth-order valence-corrected chi connectivity index (χ4v) is 1.42. The Bertz CT molecular complexity index is 90.2. The summed E-state index contributed by atoms with van der Waals surface area (Å²) in [5.41, 5.74) is 0. The largest absolute Gasteiger partial charge is 0.664 e. The molecule has 74 valence electrons. The standard InChI is InChI=1S/C8H17N2.H2O.2Y/c1-9-5-8-10-6-3-2-4-7-10;;;/h2-8H2,1H3;1H2;;/q-1;;;. The van der Waals surface area contributed by atoms with E-state index < -0.39 is 0 Å². The molecule has 3 nitrogen and oxygen atoms in total. The number of hydrogen-bond acceptors (Lipinski definition) is 1. The number of piperidine rings is 1. The molecule has 0 unspecified atom stereocenters. The smallest absolute Gasteiger partial charge is 0 e. The van der Waals surface area contributed by atoms with Gasteiger partial charge < -0.3 is 15.7 Å². The van der Waals surface area contributed by atoms with Gasteiger partial charge in [-0.3, -0.25) is 0 Å². The molecular formula is C8H19N2OY2-. The van der Waals surface area contributed by atoms with E-state index in [1.807, 2.05) is 7.05 Å². The molecule has 1 aliphatic heterocycles. The van der Waals surface area contributed by atoms with E-state index in [1.54, 1.807) is 0 Å². The van der Waals surface area contributed by atoms with Crippen LogP contribution in [0.5, 0.6) is 0 Å². The van der Waals surface area contributed by atoms with E-state index in [0.717, 1.165) is 6.54 Å². The van der Waals surface area contributed by atoms with Gasteiger partial charge >= 0.3 is 0 Å². The van der Waals surface area contributed by atoms with Crippen LogP contribution in [0.25, 0.3) is 5.32 Å². The van der Waals surface area contributed by atoms with E-state index in [2.05, 4.69) is 10.2 Å². The molecule has 2 radical (unpaired) electrons. The monoisotopic (exact) mass is 337 g/mol. The number of likely N-dealkylation sites (N-methyl/N-ethyl adjacent to an activating group) is 1. The van der Waals surface area contributed by atoms with Crippen LogP contribution < -0.4 is 0 Å². The van der Waals surface area contributed by atoms with E-state index in [0.29, 0.717) is 0 Å². The van der Waals surface area contributed by atoms with Crippen molar-refractivity contribution in [1.29, 1.82) is 0 Å². The third-order valence-corrected chi connectivity index (χ3v) is 2.09. The zero-order valence-corrected chi connectivity index (χ0v) is 14.2. The maximum Gasteiger partial charge on any atom is 0 e. The van der Waals surface area contributed by atoms with Crippen molar-refractivity contribution >= 4 is 0 Å². The minimum absolute atomic E-state index is 0. The van der Waals surface area contributed by atoms with Gasteiger partial charge in [-0.1, -0.05) is 6.42 Å². The number of likely N-dealkylation sites (tertiary alicyclic amines) is 1. The van der Waals surface area contributed by atoms with Crippen molar-refractivity contribution < 1.29 is 70.9 Å². The van der Waals surface area contributed by atoms with Gasteiger partial charge in [0.25, 0.3) is 0 Å². The van der Waals surface area contributed by atoms with Crippen LogP contribution in [-0.4, -0.2) is 43.6 Å². The molecule has 1 fully saturated rings. The second-order valence-corrected chi connectivity index (χ2v) is 2.94. The Hall–Kier alpha value is 2.09. The van der Waals surface area contributed by atoms with Crippen LogP contribution >= 0.6 is 0 Å². The molecule has 5 heteroatoms. The molecule has 0 atom stereocenters. The van der Waals surface area contributed by atoms with Crippen LogP contribution in [0, 0.1) is 0 Å². The van der Waals surface area contributed by atoms with Crippen molar-refractivity contribution in [3.63, 3.8) is 0 Å². The van der Waals surface area contributed by atoms with Crippen LogP contribution in [0.1, 0.15) is 19.3 Å². The summed E-state index contributed by atoms with van der Waals surface area (Å²) >= 11 is 0. The van der Waals surface area contributed by atoms with Gasteiger partial charge in [-0.25, -0.2) is 0 Å². The van der Waals surface area contributed by atoms with Gasteiger partial charge in [0.15, 0.2) is 0 Å². The van der Waals surface area contributed by atoms with Gasteiger partial charge in [0.05, 0.1) is 0 Å². The van der Waals surface area contributed by atoms with Crippen LogP contribution in [0.2, 0.25) is 0 Å². The Balaban J connectivity index is -0.000000333. The molecule has 1 aliphatic rings. The fourth-order valence-electron chi connectivity index (χ4n) is 1.42. The topological polar surface area (TPSA) is 48.8 Å². The summed E-state index contributed by atoms with van der Waals surface area (Å²) in [5.74, 6) is 0. The fraction of sp³-hybridized carbons (Fsp3) is 1.00. The minimum Gasteiger partial charge on any atom is -0.664 e. The average Bonchev–Trinajstić information content (AvgIpc) is 2.03. The summed E-state index contributed by atoms with van der Waals surface area (Å²) in [6.07, 6.45) is 4.22. The summed E-state index contributed by atoms with van der Waals surface area (Å²) < 4.78 is 0. The van der Waals surface area contributed by atoms with Crippen LogP contribution in [0.4, 0.5) is 0 Å². The summed E-state index contributed by atoms with van der Waals surface area (Å²) in [4.78, 5) is 2.51. The Labute approximate surface area is 132 Å². The van der Waals surface area contributed by atoms with Gasteiger partial charge in [-0.05, 0) is 32.5 Å². The molecule has 1 heterocycles. The van der Waals surface area contributed by atoms with E-state index in [-0.39, 0.29) is 70.9 Å². The summed E-state index contributed by atoms with van der Waals surface area (Å²) in [6.45, 7) is 4.79. The Kier molecular flexibility index (Phi) is 22.2. The van der Waals surface area contributed by atoms with Crippen molar-refractivity contribution in [2.24, 2.45) is 0 Å². The zero-order valence-electron chi connectivity index (χ0n) is 8.50. The molecule has 2 N–H and O–H groups in total. The first kappa shape index (κ1) is 20.5. The summed E-state index contributed by atoms with van der Waals surface area (Å²) in [5, 5.41) is 4.09. The van der Waals surface area contributed by atoms with E-state index in [1.165, 1.54) is 38.9 Å². The summed E-state index contributed by atoms with van der Waals surface area (Å²) in [6, 6.07) is 0. The zero-order chi connectivity index (χ0) is 7.23. The Morgan fingerprint density at radius 2 is 1.62 bits per heavy atom. The number of rotatable bonds is 3. The molecule has 0 spiro atoms. The molecule has 0 aromatic heterocycles. The van der Waals surface area contributed by atoms with Gasteiger partial charge in [-0.15, -0.1) is 6.54 Å². The molecule has 1 saturated heterocycles. The van der Waals surface area contributed by atoms with Gasteiger partial charge in [0.1, 0.15) is 0 Å². The maximum absolute atomic E-state index is 4.09. The van der Waals surface area contributed by atoms with E-state index in [4.69, 9.17) is 0 Å².